The number of anilines is 1. The molecule has 0 aliphatic rings. The fourth-order valence-electron chi connectivity index (χ4n) is 3.05. The summed E-state index contributed by atoms with van der Waals surface area (Å²) in [5.41, 5.74) is 3.88. The predicted octanol–water partition coefficient (Wildman–Crippen LogP) is 4.00. The number of aromatic nitrogens is 4. The van der Waals surface area contributed by atoms with Crippen molar-refractivity contribution in [1.29, 1.82) is 0 Å². The molecule has 0 unspecified atom stereocenters. The van der Waals surface area contributed by atoms with E-state index in [1.807, 2.05) is 37.4 Å². The average Bonchev–Trinajstić information content (AvgIpc) is 3.39. The highest BCUT2D eigenvalue weighted by atomic mass is 32.1. The van der Waals surface area contributed by atoms with Crippen LogP contribution in [0.3, 0.4) is 0 Å². The number of hydrogen-bond donors (Lipinski definition) is 2. The molecule has 1 atom stereocenters. The Balaban J connectivity index is 1.62. The number of thiazole rings is 1. The van der Waals surface area contributed by atoms with Crippen molar-refractivity contribution >= 4 is 33.3 Å². The van der Waals surface area contributed by atoms with Gasteiger partial charge in [-0.1, -0.05) is 0 Å². The van der Waals surface area contributed by atoms with Crippen molar-refractivity contribution < 1.29 is 9.53 Å². The number of aryl methyl sites for hydroxylation is 1. The van der Waals surface area contributed by atoms with Crippen LogP contribution in [0.5, 0.6) is 5.75 Å². The van der Waals surface area contributed by atoms with E-state index in [1.54, 1.807) is 30.4 Å². The maximum Gasteiger partial charge on any atom is 0.248 e. The summed E-state index contributed by atoms with van der Waals surface area (Å²) in [6.07, 6.45) is 5.04. The first-order chi connectivity index (χ1) is 13.1. The van der Waals surface area contributed by atoms with Gasteiger partial charge in [0.2, 0.25) is 5.91 Å². The Labute approximate surface area is 160 Å². The third kappa shape index (κ3) is 3.19. The first-order valence-electron chi connectivity index (χ1n) is 8.47. The zero-order valence-corrected chi connectivity index (χ0v) is 16.0. The molecule has 1 amide bonds. The molecule has 1 aromatic carbocycles. The van der Waals surface area contributed by atoms with Gasteiger partial charge in [-0.3, -0.25) is 4.79 Å². The summed E-state index contributed by atoms with van der Waals surface area (Å²) in [6, 6.07) is 5.55. The van der Waals surface area contributed by atoms with Crippen LogP contribution in [-0.2, 0) is 4.79 Å². The van der Waals surface area contributed by atoms with Crippen LogP contribution >= 0.6 is 11.3 Å². The highest BCUT2D eigenvalue weighted by Gasteiger charge is 2.18. The Morgan fingerprint density at radius 3 is 3.00 bits per heavy atom. The van der Waals surface area contributed by atoms with E-state index in [1.165, 1.54) is 11.3 Å². The SMILES string of the molecule is COc1ccc2[nH]c(C)c(-c3csc(NC(=O)[C@@H](C)n4ccnc4)n3)c2c1. The van der Waals surface area contributed by atoms with E-state index in [9.17, 15) is 4.79 Å². The minimum absolute atomic E-state index is 0.133. The summed E-state index contributed by atoms with van der Waals surface area (Å²) in [7, 11) is 1.65. The van der Waals surface area contributed by atoms with E-state index in [2.05, 4.69) is 20.3 Å². The molecule has 4 rings (SSSR count). The maximum absolute atomic E-state index is 12.5. The van der Waals surface area contributed by atoms with Crippen molar-refractivity contribution in [2.24, 2.45) is 0 Å². The number of fused-ring (bicyclic) bond motifs is 1. The van der Waals surface area contributed by atoms with Crippen LogP contribution in [0.4, 0.5) is 5.13 Å². The number of benzene rings is 1. The first-order valence-corrected chi connectivity index (χ1v) is 9.35. The van der Waals surface area contributed by atoms with Gasteiger partial charge in [-0.05, 0) is 32.0 Å². The molecule has 4 aromatic rings. The van der Waals surface area contributed by atoms with Crippen LogP contribution in [0, 0.1) is 6.92 Å². The average molecular weight is 381 g/mol. The van der Waals surface area contributed by atoms with Crippen molar-refractivity contribution in [3.63, 3.8) is 0 Å². The molecule has 0 fully saturated rings. The number of methoxy groups -OCH3 is 1. The topological polar surface area (TPSA) is 84.8 Å². The molecular formula is C19H19N5O2S. The minimum atomic E-state index is -0.362. The molecule has 0 saturated carbocycles. The molecule has 7 nitrogen and oxygen atoms in total. The van der Waals surface area contributed by atoms with Crippen LogP contribution < -0.4 is 10.1 Å². The van der Waals surface area contributed by atoms with Gasteiger partial charge < -0.3 is 19.6 Å². The Morgan fingerprint density at radius 1 is 1.41 bits per heavy atom. The third-order valence-electron chi connectivity index (χ3n) is 4.54. The molecule has 2 N–H and O–H groups in total. The maximum atomic E-state index is 12.5. The van der Waals surface area contributed by atoms with Gasteiger partial charge >= 0.3 is 0 Å². The second-order valence-corrected chi connectivity index (χ2v) is 7.11. The number of aromatic amines is 1. The summed E-state index contributed by atoms with van der Waals surface area (Å²) in [5.74, 6) is 0.659. The quantitative estimate of drug-likeness (QED) is 0.547. The monoisotopic (exact) mass is 381 g/mol. The summed E-state index contributed by atoms with van der Waals surface area (Å²) in [5, 5.41) is 6.45. The number of amides is 1. The fourth-order valence-corrected chi connectivity index (χ4v) is 3.76. The number of rotatable bonds is 5. The second kappa shape index (κ2) is 6.88. The van der Waals surface area contributed by atoms with E-state index >= 15 is 0 Å². The van der Waals surface area contributed by atoms with Crippen LogP contribution in [-0.4, -0.2) is 32.5 Å². The molecule has 8 heteroatoms. The molecule has 0 spiro atoms. The molecule has 27 heavy (non-hydrogen) atoms. The zero-order chi connectivity index (χ0) is 19.0. The molecule has 0 bridgehead atoms. The van der Waals surface area contributed by atoms with Crippen LogP contribution in [0.15, 0.2) is 42.3 Å². The second-order valence-electron chi connectivity index (χ2n) is 6.25. The largest absolute Gasteiger partial charge is 0.497 e. The van der Waals surface area contributed by atoms with E-state index in [-0.39, 0.29) is 11.9 Å². The third-order valence-corrected chi connectivity index (χ3v) is 5.29. The molecule has 138 valence electrons. The molecule has 3 heterocycles. The number of nitrogens with zero attached hydrogens (tertiary/aromatic N) is 3. The summed E-state index contributed by atoms with van der Waals surface area (Å²) in [6.45, 7) is 3.84. The normalized spacial score (nSPS) is 12.3. The molecule has 0 aliphatic carbocycles. The van der Waals surface area contributed by atoms with Crippen LogP contribution in [0.25, 0.3) is 22.2 Å². The summed E-state index contributed by atoms with van der Waals surface area (Å²) < 4.78 is 7.10. The van der Waals surface area contributed by atoms with Gasteiger partial charge in [-0.15, -0.1) is 11.3 Å². The highest BCUT2D eigenvalue weighted by molar-refractivity contribution is 7.14. The van der Waals surface area contributed by atoms with Gasteiger partial charge in [0, 0.05) is 39.9 Å². The van der Waals surface area contributed by atoms with Crippen molar-refractivity contribution in [2.75, 3.05) is 12.4 Å². The molecular weight excluding hydrogens is 362 g/mol. The molecule has 0 saturated heterocycles. The Hall–Kier alpha value is -3.13. The van der Waals surface area contributed by atoms with Gasteiger partial charge in [-0.25, -0.2) is 9.97 Å². The minimum Gasteiger partial charge on any atom is -0.497 e. The molecule has 0 aliphatic heterocycles. The smallest absolute Gasteiger partial charge is 0.248 e. The number of carbonyl (C=O) groups is 1. The standard InChI is InChI=1S/C19H19N5O2S/c1-11-17(14-8-13(26-3)4-5-15(14)21-11)16-9-27-19(22-16)23-18(25)12(2)24-7-6-20-10-24/h4-10,12,21H,1-3H3,(H,22,23,25)/t12-/m1/s1. The number of nitrogens with one attached hydrogen (secondary N) is 2. The Bertz CT molecular complexity index is 1100. The lowest BCUT2D eigenvalue weighted by Crippen LogP contribution is -2.22. The number of H-pyrrole nitrogens is 1. The van der Waals surface area contributed by atoms with E-state index < -0.39 is 0 Å². The predicted molar refractivity (Wildman–Crippen MR) is 106 cm³/mol. The van der Waals surface area contributed by atoms with E-state index in [4.69, 9.17) is 4.74 Å². The van der Waals surface area contributed by atoms with Crippen molar-refractivity contribution in [3.05, 3.63) is 48.0 Å². The summed E-state index contributed by atoms with van der Waals surface area (Å²) >= 11 is 1.40. The van der Waals surface area contributed by atoms with Gasteiger partial charge in [0.25, 0.3) is 0 Å². The van der Waals surface area contributed by atoms with E-state index in [0.717, 1.165) is 33.6 Å². The Kier molecular flexibility index (Phi) is 4.41. The molecule has 0 radical (unpaired) electrons. The van der Waals surface area contributed by atoms with Crippen molar-refractivity contribution in [2.45, 2.75) is 19.9 Å². The fraction of sp³-hybridized carbons (Fsp3) is 0.211. The van der Waals surface area contributed by atoms with Gasteiger partial charge in [0.15, 0.2) is 5.13 Å². The van der Waals surface area contributed by atoms with Gasteiger partial charge in [0.1, 0.15) is 11.8 Å². The van der Waals surface area contributed by atoms with Crippen molar-refractivity contribution in [3.8, 4) is 17.0 Å². The first kappa shape index (κ1) is 17.3. The van der Waals surface area contributed by atoms with Gasteiger partial charge in [0.05, 0.1) is 19.1 Å². The number of carbonyl (C=O) groups excluding carboxylic acids is 1. The summed E-state index contributed by atoms with van der Waals surface area (Å²) in [4.78, 5) is 24.4. The zero-order valence-electron chi connectivity index (χ0n) is 15.2. The highest BCUT2D eigenvalue weighted by Crippen LogP contribution is 2.35. The number of ether oxygens (including phenoxy) is 1. The lowest BCUT2D eigenvalue weighted by Gasteiger charge is -2.11. The Morgan fingerprint density at radius 2 is 2.26 bits per heavy atom. The number of imidazole rings is 1. The lowest BCUT2D eigenvalue weighted by atomic mass is 10.1. The van der Waals surface area contributed by atoms with Crippen LogP contribution in [0.1, 0.15) is 18.7 Å². The number of hydrogen-bond acceptors (Lipinski definition) is 5. The van der Waals surface area contributed by atoms with Gasteiger partial charge in [-0.2, -0.15) is 0 Å². The van der Waals surface area contributed by atoms with Crippen molar-refractivity contribution in [1.82, 2.24) is 19.5 Å². The van der Waals surface area contributed by atoms with E-state index in [0.29, 0.717) is 5.13 Å². The lowest BCUT2D eigenvalue weighted by molar-refractivity contribution is -0.118. The van der Waals surface area contributed by atoms with Crippen LogP contribution in [0.2, 0.25) is 0 Å². The molecule has 3 aromatic heterocycles.